The van der Waals surface area contributed by atoms with Gasteiger partial charge in [0.05, 0.1) is 18.7 Å². The number of hydrogen-bond donors (Lipinski definition) is 3. The predicted octanol–water partition coefficient (Wildman–Crippen LogP) is 8.19. The SMILES string of the molecule is Cc1sc2c(c1C)C(c1ccc(Cl)cc1)=N[C@@H](CC(=O)NCCCCCCCCCCC(=O)Nc1cccc(C#CCN)c1)c1nnc(C)n1-2.Cl. The zero-order valence-corrected chi connectivity index (χ0v) is 31.9. The number of aryl methyl sites for hydroxylation is 2. The molecule has 0 spiro atoms. The zero-order chi connectivity index (χ0) is 35.5. The van der Waals surface area contributed by atoms with Crippen LogP contribution in [0.3, 0.4) is 0 Å². The highest BCUT2D eigenvalue weighted by Gasteiger charge is 2.32. The van der Waals surface area contributed by atoms with Gasteiger partial charge in [0.2, 0.25) is 11.8 Å². The van der Waals surface area contributed by atoms with E-state index in [9.17, 15) is 9.59 Å². The van der Waals surface area contributed by atoms with Gasteiger partial charge in [-0.25, -0.2) is 0 Å². The first-order valence-corrected chi connectivity index (χ1v) is 18.7. The Morgan fingerprint density at radius 1 is 0.941 bits per heavy atom. The van der Waals surface area contributed by atoms with Gasteiger partial charge >= 0.3 is 0 Å². The van der Waals surface area contributed by atoms with E-state index in [2.05, 4.69) is 51.1 Å². The van der Waals surface area contributed by atoms with Gasteiger partial charge in [0.25, 0.3) is 0 Å². The quantitative estimate of drug-likeness (QED) is 0.0835. The number of amides is 2. The molecule has 0 bridgehead atoms. The number of fused-ring (bicyclic) bond motifs is 3. The van der Waals surface area contributed by atoms with Gasteiger partial charge in [-0.15, -0.1) is 33.9 Å². The molecule has 4 N–H and O–H groups in total. The van der Waals surface area contributed by atoms with Crippen LogP contribution >= 0.6 is 35.3 Å². The predicted molar refractivity (Wildman–Crippen MR) is 211 cm³/mol. The molecule has 1 aliphatic heterocycles. The van der Waals surface area contributed by atoms with Crippen LogP contribution in [0.2, 0.25) is 5.02 Å². The van der Waals surface area contributed by atoms with E-state index in [0.29, 0.717) is 30.4 Å². The van der Waals surface area contributed by atoms with Crippen molar-refractivity contribution in [1.82, 2.24) is 20.1 Å². The molecule has 51 heavy (non-hydrogen) atoms. The highest BCUT2D eigenvalue weighted by atomic mass is 35.5. The van der Waals surface area contributed by atoms with Crippen molar-refractivity contribution in [3.05, 3.63) is 92.3 Å². The van der Waals surface area contributed by atoms with E-state index < -0.39 is 6.04 Å². The third-order valence-electron chi connectivity index (χ3n) is 8.87. The van der Waals surface area contributed by atoms with E-state index in [0.717, 1.165) is 90.3 Å². The summed E-state index contributed by atoms with van der Waals surface area (Å²) in [4.78, 5) is 31.9. The fourth-order valence-electron chi connectivity index (χ4n) is 6.13. The van der Waals surface area contributed by atoms with Gasteiger partial charge in [0.15, 0.2) is 5.82 Å². The van der Waals surface area contributed by atoms with Crippen LogP contribution in [0.1, 0.15) is 109 Å². The fourth-order valence-corrected chi connectivity index (χ4v) is 7.47. The summed E-state index contributed by atoms with van der Waals surface area (Å²) in [7, 11) is 0. The molecule has 1 atom stereocenters. The number of nitrogens with zero attached hydrogens (tertiary/aromatic N) is 4. The Labute approximate surface area is 316 Å². The monoisotopic (exact) mass is 747 g/mol. The molecule has 0 saturated heterocycles. The van der Waals surface area contributed by atoms with Gasteiger partial charge < -0.3 is 16.4 Å². The second-order valence-electron chi connectivity index (χ2n) is 12.7. The molecule has 5 rings (SSSR count). The Bertz CT molecular complexity index is 1890. The van der Waals surface area contributed by atoms with Gasteiger partial charge in [0, 0.05) is 45.2 Å². The minimum Gasteiger partial charge on any atom is -0.356 e. The lowest BCUT2D eigenvalue weighted by atomic mass is 9.99. The van der Waals surface area contributed by atoms with Crippen molar-refractivity contribution >= 4 is 58.6 Å². The summed E-state index contributed by atoms with van der Waals surface area (Å²) in [5.41, 5.74) is 11.1. The molecule has 4 aromatic rings. The maximum absolute atomic E-state index is 13.2. The molecule has 2 amide bonds. The summed E-state index contributed by atoms with van der Waals surface area (Å²) < 4.78 is 2.07. The van der Waals surface area contributed by atoms with Crippen molar-refractivity contribution in [2.24, 2.45) is 10.7 Å². The zero-order valence-electron chi connectivity index (χ0n) is 29.6. The van der Waals surface area contributed by atoms with Gasteiger partial charge in [-0.1, -0.05) is 80.2 Å². The molecular formula is C39H47Cl2N7O2S. The number of carbonyl (C=O) groups excluding carboxylic acids is 2. The van der Waals surface area contributed by atoms with Crippen LogP contribution in [0, 0.1) is 32.6 Å². The number of halogens is 2. The number of anilines is 1. The molecule has 9 nitrogen and oxygen atoms in total. The highest BCUT2D eigenvalue weighted by Crippen LogP contribution is 2.39. The number of hydrogen-bond acceptors (Lipinski definition) is 7. The number of unbranched alkanes of at least 4 members (excludes halogenated alkanes) is 7. The van der Waals surface area contributed by atoms with Crippen molar-refractivity contribution in [1.29, 1.82) is 0 Å². The molecule has 1 aliphatic rings. The summed E-state index contributed by atoms with van der Waals surface area (Å²) >= 11 is 7.92. The second-order valence-corrected chi connectivity index (χ2v) is 14.3. The lowest BCUT2D eigenvalue weighted by molar-refractivity contribution is -0.121. The molecule has 12 heteroatoms. The molecule has 0 radical (unpaired) electrons. The van der Waals surface area contributed by atoms with E-state index in [-0.39, 0.29) is 30.6 Å². The Balaban J connectivity index is 0.00000583. The third kappa shape index (κ3) is 10.7. The van der Waals surface area contributed by atoms with E-state index in [4.69, 9.17) is 22.3 Å². The summed E-state index contributed by atoms with van der Waals surface area (Å²) in [5, 5.41) is 16.7. The maximum atomic E-state index is 13.2. The average molecular weight is 749 g/mol. The van der Waals surface area contributed by atoms with Crippen LogP contribution in [-0.2, 0) is 9.59 Å². The van der Waals surface area contributed by atoms with Crippen molar-refractivity contribution in [3.8, 4) is 16.8 Å². The van der Waals surface area contributed by atoms with E-state index >= 15 is 0 Å². The first kappa shape index (κ1) is 39.8. The smallest absolute Gasteiger partial charge is 0.224 e. The second kappa shape index (κ2) is 19.6. The summed E-state index contributed by atoms with van der Waals surface area (Å²) in [5.74, 6) is 7.26. The molecule has 270 valence electrons. The highest BCUT2D eigenvalue weighted by molar-refractivity contribution is 7.15. The molecule has 0 saturated carbocycles. The third-order valence-corrected chi connectivity index (χ3v) is 10.3. The summed E-state index contributed by atoms with van der Waals surface area (Å²) in [6.45, 7) is 7.12. The molecule has 2 aromatic carbocycles. The largest absolute Gasteiger partial charge is 0.356 e. The first-order chi connectivity index (χ1) is 24.2. The molecular weight excluding hydrogens is 701 g/mol. The minimum absolute atomic E-state index is 0. The maximum Gasteiger partial charge on any atom is 0.224 e. The Kier molecular flexibility index (Phi) is 15.3. The lowest BCUT2D eigenvalue weighted by Gasteiger charge is -2.13. The average Bonchev–Trinajstić information content (AvgIpc) is 3.58. The van der Waals surface area contributed by atoms with Crippen molar-refractivity contribution in [2.45, 2.75) is 91.0 Å². The molecule has 0 fully saturated rings. The Morgan fingerprint density at radius 3 is 2.37 bits per heavy atom. The number of nitrogens with one attached hydrogen (secondary N) is 2. The van der Waals surface area contributed by atoms with Gasteiger partial charge in [0.1, 0.15) is 16.9 Å². The van der Waals surface area contributed by atoms with Crippen LogP contribution in [0.5, 0.6) is 0 Å². The van der Waals surface area contributed by atoms with Crippen LogP contribution in [0.15, 0.2) is 53.5 Å². The number of rotatable bonds is 15. The molecule has 3 heterocycles. The number of carbonyl (C=O) groups is 2. The van der Waals surface area contributed by atoms with Crippen LogP contribution in [0.4, 0.5) is 5.69 Å². The number of thiophene rings is 1. The number of aromatic nitrogens is 3. The summed E-state index contributed by atoms with van der Waals surface area (Å²) in [6.07, 6.45) is 9.15. The molecule has 0 aliphatic carbocycles. The molecule has 2 aromatic heterocycles. The van der Waals surface area contributed by atoms with Crippen molar-refractivity contribution in [3.63, 3.8) is 0 Å². The van der Waals surface area contributed by atoms with E-state index in [1.165, 1.54) is 10.4 Å². The Hall–Kier alpha value is -4.01. The van der Waals surface area contributed by atoms with Crippen LogP contribution < -0.4 is 16.4 Å². The van der Waals surface area contributed by atoms with Gasteiger partial charge in [-0.05, 0) is 69.5 Å². The first-order valence-electron chi connectivity index (χ1n) is 17.5. The van der Waals surface area contributed by atoms with Gasteiger partial charge in [-0.2, -0.15) is 0 Å². The summed E-state index contributed by atoms with van der Waals surface area (Å²) in [6, 6.07) is 14.8. The number of nitrogens with two attached hydrogens (primary N) is 1. The standard InChI is InChI=1S/C39H46ClN7O2S.ClH/c1-26-27(2)50-39-36(26)37(30-18-20-31(40)21-19-30)44-33(38-46-45-28(3)47(38)39)25-35(49)42-23-11-9-7-5-4-6-8-10-17-34(48)43-32-16-12-14-29(24-32)15-13-22-41;/h12,14,16,18-21,24,33H,4-11,17,22-23,25,41H2,1-3H3,(H,42,49)(H,43,48);1H/t33-;/m0./s1. The van der Waals surface area contributed by atoms with E-state index in [1.54, 1.807) is 11.3 Å². The number of benzene rings is 2. The Morgan fingerprint density at radius 2 is 1.65 bits per heavy atom. The topological polar surface area (TPSA) is 127 Å². The van der Waals surface area contributed by atoms with Crippen molar-refractivity contribution < 1.29 is 9.59 Å². The van der Waals surface area contributed by atoms with Crippen LogP contribution in [0.25, 0.3) is 5.00 Å². The minimum atomic E-state index is -0.472. The number of aliphatic imine (C=N–C) groups is 1. The normalized spacial score (nSPS) is 13.1. The fraction of sp³-hybridized carbons (Fsp3) is 0.410. The molecule has 0 unspecified atom stereocenters. The lowest BCUT2D eigenvalue weighted by Crippen LogP contribution is -2.26. The van der Waals surface area contributed by atoms with Crippen LogP contribution in [-0.4, -0.2) is 45.4 Å². The van der Waals surface area contributed by atoms with Gasteiger partial charge in [-0.3, -0.25) is 19.1 Å². The van der Waals surface area contributed by atoms with Crippen molar-refractivity contribution in [2.75, 3.05) is 18.4 Å². The van der Waals surface area contributed by atoms with E-state index in [1.807, 2.05) is 55.5 Å².